The van der Waals surface area contributed by atoms with Crippen LogP contribution < -0.4 is 4.90 Å². The zero-order valence-electron chi connectivity index (χ0n) is 31.6. The third kappa shape index (κ3) is 4.27. The van der Waals surface area contributed by atoms with E-state index >= 15 is 0 Å². The van der Waals surface area contributed by atoms with Gasteiger partial charge in [-0.05, 0) is 63.8 Å². The Morgan fingerprint density at radius 3 is 2.11 bits per heavy atom. The molecular weight excluding hydrogens is 558 g/mol. The highest BCUT2D eigenvalue weighted by Crippen LogP contribution is 2.45. The highest BCUT2D eigenvalue weighted by atomic mass is 16.3. The zero-order chi connectivity index (χ0) is 36.5. The lowest BCUT2D eigenvalue weighted by Gasteiger charge is -2.29. The fourth-order valence-corrected chi connectivity index (χ4v) is 6.47. The monoisotopic (exact) mass is 594 g/mol. The molecule has 0 atom stereocenters. The van der Waals surface area contributed by atoms with Crippen LogP contribution in [0.4, 0.5) is 17.1 Å². The maximum absolute atomic E-state index is 9.28. The summed E-state index contributed by atoms with van der Waals surface area (Å²) in [6.45, 7) is 0. The Balaban J connectivity index is 1.31. The lowest BCUT2D eigenvalue weighted by molar-refractivity contribution is 0.673. The Morgan fingerprint density at radius 2 is 1.20 bits per heavy atom. The molecule has 0 saturated carbocycles. The quantitative estimate of drug-likeness (QED) is 0.197. The van der Waals surface area contributed by atoms with E-state index in [-0.39, 0.29) is 28.5 Å². The number of anilines is 3. The molecule has 0 spiro atoms. The van der Waals surface area contributed by atoms with Gasteiger partial charge in [0.1, 0.15) is 11.2 Å². The van der Waals surface area contributed by atoms with Crippen LogP contribution in [0.2, 0.25) is 0 Å². The Labute approximate surface area is 277 Å². The van der Waals surface area contributed by atoms with E-state index in [1.54, 1.807) is 4.90 Å². The molecule has 0 bridgehead atoms. The summed E-state index contributed by atoms with van der Waals surface area (Å²) >= 11 is 0. The van der Waals surface area contributed by atoms with Gasteiger partial charge in [-0.2, -0.15) is 0 Å². The minimum atomic E-state index is -0.492. The van der Waals surface area contributed by atoms with E-state index in [1.807, 2.05) is 103 Å². The summed E-state index contributed by atoms with van der Waals surface area (Å²) in [5.41, 5.74) is 6.56. The highest BCUT2D eigenvalue weighted by Gasteiger charge is 2.20. The van der Waals surface area contributed by atoms with Gasteiger partial charge in [-0.3, -0.25) is 0 Å². The Hall–Kier alpha value is -6.12. The van der Waals surface area contributed by atoms with Crippen LogP contribution in [0.25, 0.3) is 65.7 Å². The Morgan fingerprint density at radius 1 is 0.457 bits per heavy atom. The van der Waals surface area contributed by atoms with Crippen molar-refractivity contribution in [1.82, 2.24) is 0 Å². The average molecular weight is 595 g/mol. The molecule has 0 fully saturated rings. The lowest BCUT2D eigenvalue weighted by Crippen LogP contribution is -2.11. The van der Waals surface area contributed by atoms with E-state index < -0.39 is 30.2 Å². The fraction of sp³-hybridized carbons (Fsp3) is 0. The first-order chi connectivity index (χ1) is 25.7. The molecule has 0 N–H and O–H groups in total. The van der Waals surface area contributed by atoms with Gasteiger partial charge in [0.2, 0.25) is 0 Å². The predicted octanol–water partition coefficient (Wildman–Crippen LogP) is 12.7. The molecule has 0 aliphatic carbocycles. The number of benzene rings is 8. The number of hydrogen-bond acceptors (Lipinski definition) is 2. The molecule has 216 valence electrons. The summed E-state index contributed by atoms with van der Waals surface area (Å²) < 4.78 is 68.1. The van der Waals surface area contributed by atoms with Crippen LogP contribution in [0.5, 0.6) is 0 Å². The number of hydrogen-bond donors (Lipinski definition) is 0. The van der Waals surface area contributed by atoms with Gasteiger partial charge in [0, 0.05) is 32.8 Å². The minimum absolute atomic E-state index is 0.0100. The summed E-state index contributed by atoms with van der Waals surface area (Å²) in [5.74, 6) is 0. The van der Waals surface area contributed by atoms with Gasteiger partial charge in [0.15, 0.2) is 0 Å². The third-order valence-electron chi connectivity index (χ3n) is 8.57. The minimum Gasteiger partial charge on any atom is -0.455 e. The first kappa shape index (κ1) is 20.0. The van der Waals surface area contributed by atoms with Crippen LogP contribution >= 0.6 is 0 Å². The van der Waals surface area contributed by atoms with Gasteiger partial charge in [0.05, 0.1) is 21.0 Å². The number of para-hydroxylation sites is 1. The first-order valence-corrected chi connectivity index (χ1v) is 15.1. The topological polar surface area (TPSA) is 16.4 Å². The van der Waals surface area contributed by atoms with E-state index in [2.05, 4.69) is 30.3 Å². The van der Waals surface area contributed by atoms with E-state index in [0.717, 1.165) is 55.0 Å². The van der Waals surface area contributed by atoms with Crippen molar-refractivity contribution in [2.45, 2.75) is 0 Å². The number of fused-ring (bicyclic) bond motifs is 6. The maximum Gasteiger partial charge on any atom is 0.143 e. The first-order valence-electron chi connectivity index (χ1n) is 18.6. The molecule has 0 radical (unpaired) electrons. The van der Waals surface area contributed by atoms with Crippen LogP contribution in [0, 0.1) is 0 Å². The third-order valence-corrected chi connectivity index (χ3v) is 8.57. The van der Waals surface area contributed by atoms with Crippen LogP contribution in [-0.4, -0.2) is 0 Å². The molecule has 46 heavy (non-hydrogen) atoms. The largest absolute Gasteiger partial charge is 0.455 e. The van der Waals surface area contributed by atoms with Gasteiger partial charge in [0.25, 0.3) is 0 Å². The van der Waals surface area contributed by atoms with Crippen molar-refractivity contribution < 1.29 is 14.0 Å². The van der Waals surface area contributed by atoms with Crippen molar-refractivity contribution in [2.24, 2.45) is 0 Å². The summed E-state index contributed by atoms with van der Waals surface area (Å²) in [4.78, 5) is 1.79. The molecule has 2 heteroatoms. The molecule has 8 aromatic carbocycles. The normalized spacial score (nSPS) is 13.6. The molecule has 0 aliphatic heterocycles. The zero-order valence-corrected chi connectivity index (χ0v) is 24.6. The van der Waals surface area contributed by atoms with Crippen LogP contribution in [0.3, 0.4) is 0 Å². The molecule has 2 nitrogen and oxygen atoms in total. The summed E-state index contributed by atoms with van der Waals surface area (Å²) in [6, 6.07) is 40.7. The second-order valence-corrected chi connectivity index (χ2v) is 11.2. The van der Waals surface area contributed by atoms with Crippen molar-refractivity contribution in [3.05, 3.63) is 176 Å². The number of nitrogens with zero attached hydrogens (tertiary/aromatic N) is 1. The standard InChI is InChI=1S/C44H29NO/c1-2-12-30(13-3-1)35-18-8-9-21-40(35)45(41-22-10-16-31-14-4-6-17-36(31)41)34-27-24-33(25-28-34)37-20-11-23-42-43(37)39-29-26-32-15-5-7-19-38(32)44(39)46-42/h1-29H/i4D,6D,10D,14D,16D,17D,22D. The highest BCUT2D eigenvalue weighted by molar-refractivity contribution is 6.19. The molecule has 0 amide bonds. The predicted molar refractivity (Wildman–Crippen MR) is 194 cm³/mol. The number of furan rings is 1. The van der Waals surface area contributed by atoms with Crippen LogP contribution in [0.1, 0.15) is 9.60 Å². The van der Waals surface area contributed by atoms with Gasteiger partial charge < -0.3 is 9.32 Å². The van der Waals surface area contributed by atoms with Gasteiger partial charge in [-0.15, -0.1) is 0 Å². The molecule has 1 heterocycles. The summed E-state index contributed by atoms with van der Waals surface area (Å²) in [7, 11) is 0. The average Bonchev–Trinajstić information content (AvgIpc) is 3.60. The summed E-state index contributed by atoms with van der Waals surface area (Å²) in [6.07, 6.45) is 0. The van der Waals surface area contributed by atoms with Crippen molar-refractivity contribution in [3.8, 4) is 22.3 Å². The summed E-state index contributed by atoms with van der Waals surface area (Å²) in [5, 5.41) is 4.05. The smallest absolute Gasteiger partial charge is 0.143 e. The Kier molecular flexibility index (Phi) is 4.70. The van der Waals surface area contributed by atoms with E-state index in [1.165, 1.54) is 0 Å². The lowest BCUT2D eigenvalue weighted by atomic mass is 9.97. The second kappa shape index (κ2) is 10.8. The van der Waals surface area contributed by atoms with Gasteiger partial charge in [-0.25, -0.2) is 0 Å². The maximum atomic E-state index is 9.28. The van der Waals surface area contributed by atoms with Gasteiger partial charge in [-0.1, -0.05) is 139 Å². The Bertz CT molecular complexity index is 2910. The molecule has 0 unspecified atom stereocenters. The van der Waals surface area contributed by atoms with Crippen molar-refractivity contribution >= 4 is 60.5 Å². The second-order valence-electron chi connectivity index (χ2n) is 11.2. The number of rotatable bonds is 5. The molecule has 0 aliphatic rings. The molecular formula is C44H29NO. The van der Waals surface area contributed by atoms with Crippen LogP contribution in [0.15, 0.2) is 180 Å². The van der Waals surface area contributed by atoms with Crippen LogP contribution in [-0.2, 0) is 0 Å². The van der Waals surface area contributed by atoms with Crippen molar-refractivity contribution in [1.29, 1.82) is 0 Å². The molecule has 0 saturated heterocycles. The molecule has 9 aromatic rings. The van der Waals surface area contributed by atoms with Gasteiger partial charge >= 0.3 is 0 Å². The SMILES string of the molecule is [2H]c1c([2H])c([2H])c2c(N(c3ccc(-c4cccc5oc6c7ccccc7ccc6c45)cc3)c3ccccc3-c3ccccc3)c([2H])c([2H])c([2H])c2c1[2H]. The van der Waals surface area contributed by atoms with E-state index in [4.69, 9.17) is 12.6 Å². The fourth-order valence-electron chi connectivity index (χ4n) is 6.47. The van der Waals surface area contributed by atoms with Crippen molar-refractivity contribution in [3.63, 3.8) is 0 Å². The molecule has 1 aromatic heterocycles. The molecule has 9 rings (SSSR count). The van der Waals surface area contributed by atoms with Crippen molar-refractivity contribution in [2.75, 3.05) is 4.90 Å². The van der Waals surface area contributed by atoms with E-state index in [9.17, 15) is 1.37 Å². The van der Waals surface area contributed by atoms with E-state index in [0.29, 0.717) is 11.4 Å².